The summed E-state index contributed by atoms with van der Waals surface area (Å²) in [6, 6.07) is 5.72. The Morgan fingerprint density at radius 3 is 2.89 bits per heavy atom. The molecule has 3 N–H and O–H groups in total. The highest BCUT2D eigenvalue weighted by atomic mass is 16.5. The van der Waals surface area contributed by atoms with Gasteiger partial charge in [-0.2, -0.15) is 0 Å². The van der Waals surface area contributed by atoms with E-state index in [1.807, 2.05) is 12.1 Å². The number of hydrogen-bond acceptors (Lipinski definition) is 4. The average Bonchev–Trinajstić information content (AvgIpc) is 2.80. The lowest BCUT2D eigenvalue weighted by molar-refractivity contribution is 0.302. The zero-order valence-corrected chi connectivity index (χ0v) is 11.1. The van der Waals surface area contributed by atoms with Crippen LogP contribution in [-0.4, -0.2) is 36.2 Å². The third-order valence-electron chi connectivity index (χ3n) is 3.74. The van der Waals surface area contributed by atoms with Crippen molar-refractivity contribution in [2.45, 2.75) is 25.9 Å². The lowest BCUT2D eigenvalue weighted by atomic mass is 10.0. The molecule has 4 heteroatoms. The van der Waals surface area contributed by atoms with Crippen molar-refractivity contribution < 1.29 is 9.84 Å². The highest BCUT2D eigenvalue weighted by Crippen LogP contribution is 2.27. The number of likely N-dealkylation sites (tertiary alicyclic amines) is 1. The number of aromatic hydroxyl groups is 1. The van der Waals surface area contributed by atoms with Crippen LogP contribution in [0.4, 0.5) is 0 Å². The molecule has 0 saturated carbocycles. The number of rotatable bonds is 4. The molecule has 0 spiro atoms. The van der Waals surface area contributed by atoms with Crippen molar-refractivity contribution in [3.8, 4) is 11.5 Å². The molecule has 0 aliphatic carbocycles. The first-order chi connectivity index (χ1) is 8.60. The van der Waals surface area contributed by atoms with Crippen LogP contribution in [0.3, 0.4) is 0 Å². The monoisotopic (exact) mass is 250 g/mol. The highest BCUT2D eigenvalue weighted by Gasteiger charge is 2.25. The molecule has 0 bridgehead atoms. The number of methoxy groups -OCH3 is 1. The van der Waals surface area contributed by atoms with Crippen LogP contribution < -0.4 is 10.5 Å². The van der Waals surface area contributed by atoms with Gasteiger partial charge in [0.05, 0.1) is 7.11 Å². The van der Waals surface area contributed by atoms with E-state index in [0.29, 0.717) is 17.4 Å². The van der Waals surface area contributed by atoms with E-state index in [1.54, 1.807) is 13.2 Å². The number of nitrogens with zero attached hydrogens (tertiary/aromatic N) is 1. The maximum absolute atomic E-state index is 9.93. The van der Waals surface area contributed by atoms with E-state index in [0.717, 1.165) is 31.6 Å². The van der Waals surface area contributed by atoms with Gasteiger partial charge in [-0.15, -0.1) is 0 Å². The summed E-state index contributed by atoms with van der Waals surface area (Å²) in [6.07, 6.45) is 1.15. The fraction of sp³-hybridized carbons (Fsp3) is 0.571. The molecule has 1 fully saturated rings. The summed E-state index contributed by atoms with van der Waals surface area (Å²) < 4.78 is 5.08. The highest BCUT2D eigenvalue weighted by molar-refractivity contribution is 5.39. The standard InChI is InChI=1S/C14H22N2O2/c1-10(15)11-5-6-16(8-11)9-12-3-4-13(18-2)7-14(12)17/h3-4,7,10-11,17H,5-6,8-9,15H2,1-2H3. The van der Waals surface area contributed by atoms with E-state index in [2.05, 4.69) is 11.8 Å². The molecule has 1 heterocycles. The summed E-state index contributed by atoms with van der Waals surface area (Å²) in [6.45, 7) is 4.92. The first-order valence-electron chi connectivity index (χ1n) is 6.44. The van der Waals surface area contributed by atoms with Crippen LogP contribution in [0, 0.1) is 5.92 Å². The normalized spacial score (nSPS) is 22.1. The Labute approximate surface area is 108 Å². The third-order valence-corrected chi connectivity index (χ3v) is 3.74. The van der Waals surface area contributed by atoms with Gasteiger partial charge >= 0.3 is 0 Å². The second-order valence-corrected chi connectivity index (χ2v) is 5.14. The molecule has 2 atom stereocenters. The first kappa shape index (κ1) is 13.2. The molecular formula is C14H22N2O2. The van der Waals surface area contributed by atoms with E-state index in [4.69, 9.17) is 10.5 Å². The van der Waals surface area contributed by atoms with E-state index < -0.39 is 0 Å². The molecule has 1 aromatic rings. The minimum absolute atomic E-state index is 0.250. The zero-order valence-electron chi connectivity index (χ0n) is 11.1. The lowest BCUT2D eigenvalue weighted by Crippen LogP contribution is -2.29. The molecule has 0 amide bonds. The minimum atomic E-state index is 0.250. The Balaban J connectivity index is 1.98. The molecule has 0 aromatic heterocycles. The summed E-state index contributed by atoms with van der Waals surface area (Å²) in [5, 5.41) is 9.93. The van der Waals surface area contributed by atoms with Gasteiger partial charge in [0.1, 0.15) is 11.5 Å². The van der Waals surface area contributed by atoms with Gasteiger partial charge in [-0.1, -0.05) is 6.07 Å². The van der Waals surface area contributed by atoms with Crippen LogP contribution in [0.1, 0.15) is 18.9 Å². The SMILES string of the molecule is COc1ccc(CN2CCC(C(C)N)C2)c(O)c1. The van der Waals surface area contributed by atoms with E-state index in [1.165, 1.54) is 0 Å². The second kappa shape index (κ2) is 5.59. The van der Waals surface area contributed by atoms with Crippen LogP contribution in [-0.2, 0) is 6.54 Å². The third kappa shape index (κ3) is 2.94. The van der Waals surface area contributed by atoms with Gasteiger partial charge < -0.3 is 15.6 Å². The van der Waals surface area contributed by atoms with Gasteiger partial charge in [0.2, 0.25) is 0 Å². The van der Waals surface area contributed by atoms with Crippen LogP contribution in [0.5, 0.6) is 11.5 Å². The summed E-state index contributed by atoms with van der Waals surface area (Å²) in [5.41, 5.74) is 6.87. The van der Waals surface area contributed by atoms with Gasteiger partial charge in [-0.25, -0.2) is 0 Å². The number of ether oxygens (including phenoxy) is 1. The Morgan fingerprint density at radius 2 is 2.33 bits per heavy atom. The summed E-state index contributed by atoms with van der Waals surface area (Å²) >= 11 is 0. The van der Waals surface area contributed by atoms with Gasteiger partial charge in [-0.05, 0) is 31.9 Å². The molecule has 1 aromatic carbocycles. The molecule has 2 rings (SSSR count). The summed E-state index contributed by atoms with van der Waals surface area (Å²) in [4.78, 5) is 2.34. The lowest BCUT2D eigenvalue weighted by Gasteiger charge is -2.18. The fourth-order valence-corrected chi connectivity index (χ4v) is 2.48. The van der Waals surface area contributed by atoms with Crippen LogP contribution >= 0.6 is 0 Å². The number of nitrogens with two attached hydrogens (primary N) is 1. The van der Waals surface area contributed by atoms with Crippen LogP contribution in [0.2, 0.25) is 0 Å². The molecule has 4 nitrogen and oxygen atoms in total. The van der Waals surface area contributed by atoms with Crippen molar-refractivity contribution in [2.24, 2.45) is 11.7 Å². The minimum Gasteiger partial charge on any atom is -0.507 e. The Hall–Kier alpha value is -1.26. The van der Waals surface area contributed by atoms with Crippen molar-refractivity contribution in [3.05, 3.63) is 23.8 Å². The van der Waals surface area contributed by atoms with Gasteiger partial charge in [0.25, 0.3) is 0 Å². The van der Waals surface area contributed by atoms with Crippen LogP contribution in [0.25, 0.3) is 0 Å². The van der Waals surface area contributed by atoms with E-state index in [9.17, 15) is 5.11 Å². The molecule has 1 aliphatic rings. The number of hydrogen-bond donors (Lipinski definition) is 2. The largest absolute Gasteiger partial charge is 0.507 e. The molecule has 0 radical (unpaired) electrons. The Bertz CT molecular complexity index is 407. The predicted molar refractivity (Wildman–Crippen MR) is 71.7 cm³/mol. The second-order valence-electron chi connectivity index (χ2n) is 5.14. The zero-order chi connectivity index (χ0) is 13.1. The Morgan fingerprint density at radius 1 is 1.56 bits per heavy atom. The average molecular weight is 250 g/mol. The molecule has 100 valence electrons. The molecular weight excluding hydrogens is 228 g/mol. The van der Waals surface area contributed by atoms with Crippen LogP contribution in [0.15, 0.2) is 18.2 Å². The van der Waals surface area contributed by atoms with E-state index >= 15 is 0 Å². The smallest absolute Gasteiger partial charge is 0.123 e. The van der Waals surface area contributed by atoms with Crippen molar-refractivity contribution in [1.29, 1.82) is 0 Å². The number of benzene rings is 1. The van der Waals surface area contributed by atoms with Gasteiger partial charge in [0, 0.05) is 30.8 Å². The van der Waals surface area contributed by atoms with Crippen molar-refractivity contribution in [3.63, 3.8) is 0 Å². The van der Waals surface area contributed by atoms with Crippen molar-refractivity contribution in [1.82, 2.24) is 4.90 Å². The van der Waals surface area contributed by atoms with E-state index in [-0.39, 0.29) is 6.04 Å². The fourth-order valence-electron chi connectivity index (χ4n) is 2.48. The topological polar surface area (TPSA) is 58.7 Å². The maximum atomic E-state index is 9.93. The number of phenolic OH excluding ortho intramolecular Hbond substituents is 1. The molecule has 18 heavy (non-hydrogen) atoms. The molecule has 2 unspecified atom stereocenters. The molecule has 1 aliphatic heterocycles. The number of phenols is 1. The van der Waals surface area contributed by atoms with Crippen molar-refractivity contribution in [2.75, 3.05) is 20.2 Å². The quantitative estimate of drug-likeness (QED) is 0.851. The molecule has 1 saturated heterocycles. The summed E-state index contributed by atoms with van der Waals surface area (Å²) in [5.74, 6) is 1.56. The predicted octanol–water partition coefficient (Wildman–Crippen LogP) is 1.57. The first-order valence-corrected chi connectivity index (χ1v) is 6.44. The maximum Gasteiger partial charge on any atom is 0.123 e. The van der Waals surface area contributed by atoms with Crippen molar-refractivity contribution >= 4 is 0 Å². The van der Waals surface area contributed by atoms with Gasteiger partial charge in [-0.3, -0.25) is 4.90 Å². The van der Waals surface area contributed by atoms with Gasteiger partial charge in [0.15, 0.2) is 0 Å². The Kier molecular flexibility index (Phi) is 4.09. The summed E-state index contributed by atoms with van der Waals surface area (Å²) in [7, 11) is 1.60.